The van der Waals surface area contributed by atoms with Gasteiger partial charge in [0.1, 0.15) is 17.3 Å². The quantitative estimate of drug-likeness (QED) is 0.672. The molecule has 0 aliphatic carbocycles. The van der Waals surface area contributed by atoms with Gasteiger partial charge >= 0.3 is 6.18 Å². The second-order valence-corrected chi connectivity index (χ2v) is 4.31. The number of nitrogens with one attached hydrogen (secondary N) is 1. The molecule has 0 fully saturated rings. The molecule has 110 valence electrons. The SMILES string of the molecule is Cc1ncccc1Oc1ccc(C(F)(F)F)c(C(=N)N)c1. The van der Waals surface area contributed by atoms with E-state index in [0.717, 1.165) is 12.1 Å². The molecule has 1 aromatic carbocycles. The van der Waals surface area contributed by atoms with Crippen LogP contribution >= 0.6 is 0 Å². The van der Waals surface area contributed by atoms with Crippen LogP contribution in [0, 0.1) is 12.3 Å². The fourth-order valence-corrected chi connectivity index (χ4v) is 1.76. The number of benzene rings is 1. The zero-order valence-electron chi connectivity index (χ0n) is 11.0. The Bertz CT molecular complexity index is 683. The van der Waals surface area contributed by atoms with Gasteiger partial charge in [0.15, 0.2) is 0 Å². The molecule has 21 heavy (non-hydrogen) atoms. The minimum atomic E-state index is -4.58. The number of rotatable bonds is 3. The van der Waals surface area contributed by atoms with Crippen LogP contribution < -0.4 is 10.5 Å². The van der Waals surface area contributed by atoms with Gasteiger partial charge in [0.2, 0.25) is 0 Å². The average Bonchev–Trinajstić information content (AvgIpc) is 2.40. The van der Waals surface area contributed by atoms with Crippen LogP contribution in [0.5, 0.6) is 11.5 Å². The molecule has 0 radical (unpaired) electrons. The van der Waals surface area contributed by atoms with Crippen LogP contribution in [0.1, 0.15) is 16.8 Å². The van der Waals surface area contributed by atoms with Crippen molar-refractivity contribution in [3.05, 3.63) is 53.3 Å². The number of pyridine rings is 1. The lowest BCUT2D eigenvalue weighted by molar-refractivity contribution is -0.137. The van der Waals surface area contributed by atoms with Crippen molar-refractivity contribution in [1.82, 2.24) is 4.98 Å². The van der Waals surface area contributed by atoms with Gasteiger partial charge < -0.3 is 10.5 Å². The number of alkyl halides is 3. The number of nitrogens with zero attached hydrogens (tertiary/aromatic N) is 1. The van der Waals surface area contributed by atoms with Gasteiger partial charge in [-0.25, -0.2) is 0 Å². The van der Waals surface area contributed by atoms with Crippen molar-refractivity contribution in [2.75, 3.05) is 0 Å². The van der Waals surface area contributed by atoms with Crippen molar-refractivity contribution in [2.45, 2.75) is 13.1 Å². The normalized spacial score (nSPS) is 11.2. The molecule has 2 rings (SSSR count). The minimum Gasteiger partial charge on any atom is -0.455 e. The molecule has 0 spiro atoms. The molecule has 0 unspecified atom stereocenters. The summed E-state index contributed by atoms with van der Waals surface area (Å²) in [4.78, 5) is 4.02. The van der Waals surface area contributed by atoms with E-state index in [9.17, 15) is 13.2 Å². The highest BCUT2D eigenvalue weighted by molar-refractivity contribution is 5.97. The van der Waals surface area contributed by atoms with Crippen LogP contribution in [-0.4, -0.2) is 10.8 Å². The second-order valence-electron chi connectivity index (χ2n) is 4.31. The molecule has 0 bridgehead atoms. The van der Waals surface area contributed by atoms with Gasteiger partial charge in [-0.2, -0.15) is 13.2 Å². The van der Waals surface area contributed by atoms with Crippen molar-refractivity contribution in [1.29, 1.82) is 5.41 Å². The maximum Gasteiger partial charge on any atom is 0.417 e. The first-order valence-corrected chi connectivity index (χ1v) is 5.94. The fraction of sp³-hybridized carbons (Fsp3) is 0.143. The number of halogens is 3. The third-order valence-electron chi connectivity index (χ3n) is 2.77. The predicted octanol–water partition coefficient (Wildman–Crippen LogP) is 3.49. The van der Waals surface area contributed by atoms with Crippen molar-refractivity contribution in [3.63, 3.8) is 0 Å². The summed E-state index contributed by atoms with van der Waals surface area (Å²) in [5.74, 6) is -0.0910. The molecular formula is C14H12F3N3O. The third-order valence-corrected chi connectivity index (χ3v) is 2.77. The molecule has 2 aromatic rings. The number of hydrogen-bond donors (Lipinski definition) is 2. The first-order chi connectivity index (χ1) is 9.79. The van der Waals surface area contributed by atoms with Gasteiger partial charge in [0, 0.05) is 11.8 Å². The number of nitrogens with two attached hydrogens (primary N) is 1. The number of hydrogen-bond acceptors (Lipinski definition) is 3. The number of nitrogen functional groups attached to an aromatic ring is 1. The van der Waals surface area contributed by atoms with E-state index in [1.807, 2.05) is 0 Å². The number of amidine groups is 1. The highest BCUT2D eigenvalue weighted by atomic mass is 19.4. The molecule has 7 heteroatoms. The standard InChI is InChI=1S/C14H12F3N3O/c1-8-12(3-2-6-20-8)21-9-4-5-11(14(15,16)17)10(7-9)13(18)19/h2-7H,1H3,(H3,18,19). The first-order valence-electron chi connectivity index (χ1n) is 5.94. The van der Waals surface area contributed by atoms with Crippen LogP contribution in [0.3, 0.4) is 0 Å². The summed E-state index contributed by atoms with van der Waals surface area (Å²) in [6, 6.07) is 6.42. The summed E-state index contributed by atoms with van der Waals surface area (Å²) < 4.78 is 44.0. The van der Waals surface area contributed by atoms with E-state index in [-0.39, 0.29) is 5.75 Å². The van der Waals surface area contributed by atoms with Gasteiger partial charge in [-0.3, -0.25) is 10.4 Å². The maximum atomic E-state index is 12.8. The van der Waals surface area contributed by atoms with E-state index < -0.39 is 23.1 Å². The molecule has 0 saturated carbocycles. The Morgan fingerprint density at radius 3 is 2.57 bits per heavy atom. The lowest BCUT2D eigenvalue weighted by Gasteiger charge is -2.14. The lowest BCUT2D eigenvalue weighted by Crippen LogP contribution is -2.18. The molecule has 1 heterocycles. The highest BCUT2D eigenvalue weighted by Gasteiger charge is 2.34. The monoisotopic (exact) mass is 295 g/mol. The Morgan fingerprint density at radius 2 is 2.00 bits per heavy atom. The summed E-state index contributed by atoms with van der Waals surface area (Å²) >= 11 is 0. The Kier molecular flexibility index (Phi) is 3.84. The molecule has 1 aromatic heterocycles. The van der Waals surface area contributed by atoms with E-state index in [0.29, 0.717) is 11.4 Å². The van der Waals surface area contributed by atoms with Crippen LogP contribution in [0.25, 0.3) is 0 Å². The van der Waals surface area contributed by atoms with Crippen LogP contribution in [0.2, 0.25) is 0 Å². The topological polar surface area (TPSA) is 72.0 Å². The largest absolute Gasteiger partial charge is 0.455 e. The van der Waals surface area contributed by atoms with E-state index in [4.69, 9.17) is 15.9 Å². The van der Waals surface area contributed by atoms with Crippen molar-refractivity contribution < 1.29 is 17.9 Å². The van der Waals surface area contributed by atoms with Crippen molar-refractivity contribution >= 4 is 5.84 Å². The van der Waals surface area contributed by atoms with Gasteiger partial charge in [-0.05, 0) is 37.3 Å². The Hall–Kier alpha value is -2.57. The summed E-state index contributed by atoms with van der Waals surface area (Å²) in [7, 11) is 0. The predicted molar refractivity (Wildman–Crippen MR) is 71.5 cm³/mol. The number of ether oxygens (including phenoxy) is 1. The number of aromatic nitrogens is 1. The minimum absolute atomic E-state index is 0.157. The van der Waals surface area contributed by atoms with Gasteiger partial charge in [-0.1, -0.05) is 0 Å². The number of aryl methyl sites for hydroxylation is 1. The molecule has 4 nitrogen and oxygen atoms in total. The summed E-state index contributed by atoms with van der Waals surface area (Å²) in [6.45, 7) is 1.71. The summed E-state index contributed by atoms with van der Waals surface area (Å²) in [6.07, 6.45) is -3.00. The molecule has 0 amide bonds. The van der Waals surface area contributed by atoms with Gasteiger partial charge in [0.05, 0.1) is 11.3 Å². The Labute approximate surface area is 118 Å². The summed E-state index contributed by atoms with van der Waals surface area (Å²) in [5, 5.41) is 7.28. The maximum absolute atomic E-state index is 12.8. The van der Waals surface area contributed by atoms with Gasteiger partial charge in [-0.15, -0.1) is 0 Å². The lowest BCUT2D eigenvalue weighted by atomic mass is 10.1. The van der Waals surface area contributed by atoms with Crippen LogP contribution in [0.15, 0.2) is 36.5 Å². The Balaban J connectivity index is 2.42. The van der Waals surface area contributed by atoms with E-state index in [1.165, 1.54) is 6.07 Å². The van der Waals surface area contributed by atoms with Crippen molar-refractivity contribution in [2.24, 2.45) is 5.73 Å². The highest BCUT2D eigenvalue weighted by Crippen LogP contribution is 2.34. The summed E-state index contributed by atoms with van der Waals surface area (Å²) in [5.41, 5.74) is 4.44. The van der Waals surface area contributed by atoms with E-state index in [1.54, 1.807) is 25.3 Å². The molecule has 0 aliphatic rings. The molecule has 3 N–H and O–H groups in total. The van der Waals surface area contributed by atoms with Crippen LogP contribution in [0.4, 0.5) is 13.2 Å². The van der Waals surface area contributed by atoms with Crippen LogP contribution in [-0.2, 0) is 6.18 Å². The zero-order valence-corrected chi connectivity index (χ0v) is 11.0. The third kappa shape index (κ3) is 3.31. The smallest absolute Gasteiger partial charge is 0.417 e. The molecular weight excluding hydrogens is 283 g/mol. The van der Waals surface area contributed by atoms with Crippen molar-refractivity contribution in [3.8, 4) is 11.5 Å². The molecule has 0 saturated heterocycles. The molecule has 0 atom stereocenters. The van der Waals surface area contributed by atoms with E-state index in [2.05, 4.69) is 4.98 Å². The van der Waals surface area contributed by atoms with E-state index >= 15 is 0 Å². The Morgan fingerprint density at radius 1 is 1.29 bits per heavy atom. The average molecular weight is 295 g/mol. The van der Waals surface area contributed by atoms with Gasteiger partial charge in [0.25, 0.3) is 0 Å². The second kappa shape index (κ2) is 5.43. The fourth-order valence-electron chi connectivity index (χ4n) is 1.76. The first kappa shape index (κ1) is 14.8. The molecule has 0 aliphatic heterocycles. The zero-order chi connectivity index (χ0) is 15.6.